The molecule has 1 aromatic heterocycles. The molecule has 2 spiro atoms. The Bertz CT molecular complexity index is 1280. The van der Waals surface area contributed by atoms with Crippen LogP contribution in [-0.4, -0.2) is 35.4 Å². The Kier molecular flexibility index (Phi) is 4.58. The third-order valence-electron chi connectivity index (χ3n) is 10.2. The third kappa shape index (κ3) is 2.97. The standard InChI is InChI=1S/C30H34N2O3/c1-28-11-9-23-16-22-5-6-24(34-27(33)31-2)17-29(22)12-13-30(23,35-29)26(28)8-7-25(28)20-4-3-19-10-14-32-18-21(19)15-20/h3-4,9-10,14-16,18,24-26H,5-8,11-13,17H2,1-2H3,(H,31,33)/t24-,25?,26+,28?,29+,30+/m0/s1. The average molecular weight is 471 g/mol. The molecule has 5 aliphatic rings. The molecule has 3 aliphatic carbocycles. The minimum absolute atomic E-state index is 0.0784. The van der Waals surface area contributed by atoms with Gasteiger partial charge in [-0.15, -0.1) is 0 Å². The third-order valence-corrected chi connectivity index (χ3v) is 10.2. The van der Waals surface area contributed by atoms with E-state index in [0.29, 0.717) is 11.8 Å². The van der Waals surface area contributed by atoms with Crippen LogP contribution < -0.4 is 5.32 Å². The van der Waals surface area contributed by atoms with Crippen LogP contribution in [0.5, 0.6) is 0 Å². The molecule has 35 heavy (non-hydrogen) atoms. The van der Waals surface area contributed by atoms with Crippen LogP contribution in [-0.2, 0) is 9.47 Å². The van der Waals surface area contributed by atoms with Crippen molar-refractivity contribution in [1.82, 2.24) is 10.3 Å². The van der Waals surface area contributed by atoms with Crippen LogP contribution in [0.4, 0.5) is 4.79 Å². The molecule has 1 aromatic carbocycles. The van der Waals surface area contributed by atoms with Gasteiger partial charge >= 0.3 is 6.09 Å². The van der Waals surface area contributed by atoms with Gasteiger partial charge < -0.3 is 14.8 Å². The van der Waals surface area contributed by atoms with Gasteiger partial charge in [0.2, 0.25) is 0 Å². The molecule has 2 unspecified atom stereocenters. The van der Waals surface area contributed by atoms with Crippen molar-refractivity contribution in [2.75, 3.05) is 7.05 Å². The van der Waals surface area contributed by atoms with Gasteiger partial charge in [-0.3, -0.25) is 4.98 Å². The Morgan fingerprint density at radius 2 is 2.09 bits per heavy atom. The zero-order chi connectivity index (χ0) is 23.8. The molecule has 2 aromatic rings. The number of rotatable bonds is 2. The van der Waals surface area contributed by atoms with Gasteiger partial charge in [-0.05, 0) is 96.4 Å². The number of carbonyl (C=O) groups excluding carboxylic acids is 1. The Hall–Kier alpha value is -2.66. The Morgan fingerprint density at radius 1 is 1.17 bits per heavy atom. The summed E-state index contributed by atoms with van der Waals surface area (Å²) >= 11 is 0. The van der Waals surface area contributed by atoms with Gasteiger partial charge in [0.15, 0.2) is 0 Å². The number of hydrogen-bond donors (Lipinski definition) is 1. The summed E-state index contributed by atoms with van der Waals surface area (Å²) in [5.74, 6) is 1.02. The summed E-state index contributed by atoms with van der Waals surface area (Å²) in [5, 5.41) is 5.09. The van der Waals surface area contributed by atoms with Crippen molar-refractivity contribution in [3.63, 3.8) is 0 Å². The van der Waals surface area contributed by atoms with E-state index in [1.807, 2.05) is 12.4 Å². The zero-order valence-electron chi connectivity index (χ0n) is 20.7. The maximum Gasteiger partial charge on any atom is 0.407 e. The quantitative estimate of drug-likeness (QED) is 0.568. The smallest absolute Gasteiger partial charge is 0.407 e. The van der Waals surface area contributed by atoms with Crippen LogP contribution in [0, 0.1) is 11.3 Å². The Balaban J connectivity index is 1.23. The predicted octanol–water partition coefficient (Wildman–Crippen LogP) is 6.20. The van der Waals surface area contributed by atoms with Crippen LogP contribution in [0.15, 0.2) is 60.0 Å². The second kappa shape index (κ2) is 7.42. The number of nitrogens with zero attached hydrogens (tertiary/aromatic N) is 1. The topological polar surface area (TPSA) is 60.5 Å². The fraction of sp³-hybridized carbons (Fsp3) is 0.533. The Labute approximate surface area is 207 Å². The maximum atomic E-state index is 11.9. The van der Waals surface area contributed by atoms with Crippen molar-refractivity contribution in [3.8, 4) is 0 Å². The summed E-state index contributed by atoms with van der Waals surface area (Å²) in [5.41, 5.74) is 4.01. The summed E-state index contributed by atoms with van der Waals surface area (Å²) in [4.78, 5) is 16.3. The van der Waals surface area contributed by atoms with E-state index >= 15 is 0 Å². The van der Waals surface area contributed by atoms with Crippen LogP contribution in [0.1, 0.15) is 69.8 Å². The molecule has 182 valence electrons. The van der Waals surface area contributed by atoms with Gasteiger partial charge in [-0.1, -0.05) is 31.2 Å². The molecular formula is C30H34N2O3. The van der Waals surface area contributed by atoms with E-state index in [1.165, 1.54) is 40.3 Å². The minimum atomic E-state index is -0.336. The summed E-state index contributed by atoms with van der Waals surface area (Å²) < 4.78 is 13.0. The number of pyridine rings is 1. The van der Waals surface area contributed by atoms with Crippen molar-refractivity contribution >= 4 is 16.9 Å². The summed E-state index contributed by atoms with van der Waals surface area (Å²) in [6, 6.07) is 9.07. The van der Waals surface area contributed by atoms with E-state index < -0.39 is 0 Å². The molecule has 6 atom stereocenters. The number of aromatic nitrogens is 1. The highest BCUT2D eigenvalue weighted by Gasteiger charge is 2.66. The van der Waals surface area contributed by atoms with E-state index in [0.717, 1.165) is 38.5 Å². The van der Waals surface area contributed by atoms with Gasteiger partial charge in [-0.2, -0.15) is 0 Å². The first-order valence-electron chi connectivity index (χ1n) is 13.3. The minimum Gasteiger partial charge on any atom is -0.446 e. The number of alkyl carbamates (subject to hydrolysis) is 1. The molecule has 2 saturated carbocycles. The molecule has 3 fully saturated rings. The highest BCUT2D eigenvalue weighted by molar-refractivity contribution is 5.82. The number of allylic oxidation sites excluding steroid dienone is 1. The summed E-state index contributed by atoms with van der Waals surface area (Å²) in [7, 11) is 1.62. The first-order valence-corrected chi connectivity index (χ1v) is 13.3. The lowest BCUT2D eigenvalue weighted by molar-refractivity contribution is -0.144. The molecular weight excluding hydrogens is 436 g/mol. The molecule has 1 amide bonds. The van der Waals surface area contributed by atoms with E-state index in [1.54, 1.807) is 7.05 Å². The van der Waals surface area contributed by atoms with E-state index in [2.05, 4.69) is 53.6 Å². The number of carbonyl (C=O) groups is 1. The molecule has 3 heterocycles. The number of benzene rings is 1. The first-order chi connectivity index (χ1) is 17.0. The van der Waals surface area contributed by atoms with Crippen molar-refractivity contribution in [2.45, 2.75) is 81.5 Å². The molecule has 5 heteroatoms. The second-order valence-corrected chi connectivity index (χ2v) is 11.7. The normalized spacial score (nSPS) is 39.2. The number of nitrogens with one attached hydrogen (secondary N) is 1. The van der Waals surface area contributed by atoms with Crippen molar-refractivity contribution in [2.24, 2.45) is 11.3 Å². The fourth-order valence-corrected chi connectivity index (χ4v) is 8.54. The van der Waals surface area contributed by atoms with E-state index in [9.17, 15) is 4.79 Å². The number of amides is 1. The Morgan fingerprint density at radius 3 is 2.97 bits per heavy atom. The highest BCUT2D eigenvalue weighted by atomic mass is 16.6. The van der Waals surface area contributed by atoms with Crippen LogP contribution in [0.2, 0.25) is 0 Å². The average Bonchev–Trinajstić information content (AvgIpc) is 3.38. The fourth-order valence-electron chi connectivity index (χ4n) is 8.54. The summed E-state index contributed by atoms with van der Waals surface area (Å²) in [6.45, 7) is 2.51. The van der Waals surface area contributed by atoms with Gasteiger partial charge in [0, 0.05) is 31.2 Å². The van der Waals surface area contributed by atoms with Crippen LogP contribution in [0.3, 0.4) is 0 Å². The number of ether oxygens (including phenoxy) is 2. The lowest BCUT2D eigenvalue weighted by atomic mass is 9.58. The SMILES string of the molecule is CNC(=O)O[C@H]1CCC2=CC3=CCC4(C)C(c5ccc6ccncc6c5)CC[C@H]4[C@@]34CC[C@]2(C1)O4. The highest BCUT2D eigenvalue weighted by Crippen LogP contribution is 2.69. The van der Waals surface area contributed by atoms with Crippen LogP contribution in [0.25, 0.3) is 10.8 Å². The molecule has 5 nitrogen and oxygen atoms in total. The van der Waals surface area contributed by atoms with Crippen molar-refractivity contribution in [3.05, 3.63) is 65.5 Å². The van der Waals surface area contributed by atoms with Crippen molar-refractivity contribution < 1.29 is 14.3 Å². The maximum absolute atomic E-state index is 11.9. The molecule has 1 N–H and O–H groups in total. The molecule has 2 aliphatic heterocycles. The number of hydrogen-bond acceptors (Lipinski definition) is 4. The summed E-state index contributed by atoms with van der Waals surface area (Å²) in [6.07, 6.45) is 16.7. The van der Waals surface area contributed by atoms with Crippen LogP contribution >= 0.6 is 0 Å². The van der Waals surface area contributed by atoms with Crippen molar-refractivity contribution in [1.29, 1.82) is 0 Å². The largest absolute Gasteiger partial charge is 0.446 e. The molecule has 2 bridgehead atoms. The predicted molar refractivity (Wildman–Crippen MR) is 135 cm³/mol. The van der Waals surface area contributed by atoms with Gasteiger partial charge in [0.25, 0.3) is 0 Å². The van der Waals surface area contributed by atoms with E-state index in [4.69, 9.17) is 9.47 Å². The monoisotopic (exact) mass is 470 g/mol. The second-order valence-electron chi connectivity index (χ2n) is 11.7. The first kappa shape index (κ1) is 21.6. The molecule has 7 rings (SSSR count). The molecule has 1 saturated heterocycles. The lowest BCUT2D eigenvalue weighted by Crippen LogP contribution is -2.54. The lowest BCUT2D eigenvalue weighted by Gasteiger charge is -2.54. The van der Waals surface area contributed by atoms with Gasteiger partial charge in [0.1, 0.15) is 6.10 Å². The van der Waals surface area contributed by atoms with Gasteiger partial charge in [-0.25, -0.2) is 4.79 Å². The number of fused-ring (bicyclic) bond motifs is 2. The molecule has 0 radical (unpaired) electrons. The van der Waals surface area contributed by atoms with Gasteiger partial charge in [0.05, 0.1) is 11.2 Å². The zero-order valence-corrected chi connectivity index (χ0v) is 20.7. The van der Waals surface area contributed by atoms with E-state index in [-0.39, 0.29) is 28.8 Å².